The molecule has 1 saturated heterocycles. The van der Waals surface area contributed by atoms with Crippen LogP contribution in [0.2, 0.25) is 0 Å². The first kappa shape index (κ1) is 13.8. The van der Waals surface area contributed by atoms with Gasteiger partial charge in [-0.1, -0.05) is 0 Å². The number of aromatic nitrogens is 1. The lowest BCUT2D eigenvalue weighted by atomic mass is 9.97. The van der Waals surface area contributed by atoms with Crippen LogP contribution in [0.3, 0.4) is 0 Å². The van der Waals surface area contributed by atoms with Gasteiger partial charge in [-0.25, -0.2) is 0 Å². The molecule has 2 unspecified atom stereocenters. The Bertz CT molecular complexity index is 338. The maximum atomic E-state index is 5.96. The minimum atomic E-state index is 0.543. The van der Waals surface area contributed by atoms with Crippen molar-refractivity contribution in [1.29, 1.82) is 0 Å². The lowest BCUT2D eigenvalue weighted by molar-refractivity contribution is 0.193. The molecular formula is C14H23N3S. The molecule has 1 fully saturated rings. The second-order valence-corrected chi connectivity index (χ2v) is 6.16. The highest BCUT2D eigenvalue weighted by Gasteiger charge is 2.27. The summed E-state index contributed by atoms with van der Waals surface area (Å²) >= 11 is 2.07. The third kappa shape index (κ3) is 3.70. The zero-order valence-corrected chi connectivity index (χ0v) is 11.9. The summed E-state index contributed by atoms with van der Waals surface area (Å²) in [6.07, 6.45) is 6.13. The molecule has 100 valence electrons. The van der Waals surface area contributed by atoms with Gasteiger partial charge in [-0.2, -0.15) is 11.8 Å². The summed E-state index contributed by atoms with van der Waals surface area (Å²) in [5.74, 6) is 3.36. The van der Waals surface area contributed by atoms with Crippen molar-refractivity contribution in [2.24, 2.45) is 11.7 Å². The van der Waals surface area contributed by atoms with Gasteiger partial charge in [0.05, 0.1) is 0 Å². The third-order valence-electron chi connectivity index (χ3n) is 3.82. The number of likely N-dealkylation sites (N-methyl/N-ethyl adjacent to an activating group) is 1. The smallest absolute Gasteiger partial charge is 0.0270 e. The molecule has 0 radical (unpaired) electrons. The van der Waals surface area contributed by atoms with Crippen molar-refractivity contribution in [3.05, 3.63) is 30.1 Å². The van der Waals surface area contributed by atoms with Crippen LogP contribution in [0.4, 0.5) is 0 Å². The van der Waals surface area contributed by atoms with E-state index in [2.05, 4.69) is 40.8 Å². The van der Waals surface area contributed by atoms with E-state index in [0.29, 0.717) is 6.04 Å². The van der Waals surface area contributed by atoms with E-state index in [9.17, 15) is 0 Å². The molecule has 1 aliphatic rings. The maximum absolute atomic E-state index is 5.96. The van der Waals surface area contributed by atoms with Crippen LogP contribution in [0.15, 0.2) is 24.5 Å². The van der Waals surface area contributed by atoms with Crippen LogP contribution in [-0.2, 0) is 6.42 Å². The predicted molar refractivity (Wildman–Crippen MR) is 78.8 cm³/mol. The fourth-order valence-electron chi connectivity index (χ4n) is 2.61. The Kier molecular flexibility index (Phi) is 5.47. The molecule has 2 rings (SSSR count). The number of nitrogens with zero attached hydrogens (tertiary/aromatic N) is 2. The Balaban J connectivity index is 1.83. The number of thioether (sulfide) groups is 1. The van der Waals surface area contributed by atoms with Gasteiger partial charge in [0.15, 0.2) is 0 Å². The average Bonchev–Trinajstić information content (AvgIpc) is 2.92. The first-order valence-electron chi connectivity index (χ1n) is 6.68. The van der Waals surface area contributed by atoms with Crippen molar-refractivity contribution in [2.45, 2.75) is 18.9 Å². The van der Waals surface area contributed by atoms with E-state index < -0.39 is 0 Å². The van der Waals surface area contributed by atoms with Crippen molar-refractivity contribution in [3.63, 3.8) is 0 Å². The summed E-state index contributed by atoms with van der Waals surface area (Å²) < 4.78 is 0. The Morgan fingerprint density at radius 2 is 2.28 bits per heavy atom. The first-order chi connectivity index (χ1) is 8.81. The number of pyridine rings is 1. The van der Waals surface area contributed by atoms with Crippen LogP contribution in [0, 0.1) is 5.92 Å². The Hall–Kier alpha value is -0.580. The average molecular weight is 265 g/mol. The molecule has 2 atom stereocenters. The fourth-order valence-corrected chi connectivity index (χ4v) is 3.94. The van der Waals surface area contributed by atoms with Gasteiger partial charge in [-0.3, -0.25) is 4.98 Å². The van der Waals surface area contributed by atoms with Crippen molar-refractivity contribution in [1.82, 2.24) is 9.88 Å². The lowest BCUT2D eigenvalue weighted by Crippen LogP contribution is -2.44. The summed E-state index contributed by atoms with van der Waals surface area (Å²) in [6, 6.07) is 4.73. The zero-order chi connectivity index (χ0) is 12.8. The van der Waals surface area contributed by atoms with Crippen molar-refractivity contribution < 1.29 is 0 Å². The minimum absolute atomic E-state index is 0.543. The van der Waals surface area contributed by atoms with Crippen molar-refractivity contribution in [2.75, 3.05) is 31.6 Å². The molecule has 0 bridgehead atoms. The molecule has 1 aromatic heterocycles. The van der Waals surface area contributed by atoms with Crippen LogP contribution in [0.1, 0.15) is 12.0 Å². The van der Waals surface area contributed by atoms with Gasteiger partial charge < -0.3 is 10.6 Å². The molecule has 4 heteroatoms. The highest BCUT2D eigenvalue weighted by Crippen LogP contribution is 2.28. The Morgan fingerprint density at radius 1 is 1.50 bits per heavy atom. The second-order valence-electron chi connectivity index (χ2n) is 5.01. The van der Waals surface area contributed by atoms with E-state index >= 15 is 0 Å². The van der Waals surface area contributed by atoms with Crippen LogP contribution in [0.5, 0.6) is 0 Å². The zero-order valence-electron chi connectivity index (χ0n) is 11.1. The number of nitrogens with two attached hydrogens (primary N) is 1. The van der Waals surface area contributed by atoms with Crippen LogP contribution < -0.4 is 5.73 Å². The number of hydrogen-bond donors (Lipinski definition) is 1. The van der Waals surface area contributed by atoms with Gasteiger partial charge in [-0.05, 0) is 55.0 Å². The number of hydrogen-bond acceptors (Lipinski definition) is 4. The van der Waals surface area contributed by atoms with Crippen molar-refractivity contribution >= 4 is 11.8 Å². The van der Waals surface area contributed by atoms with Crippen LogP contribution in [-0.4, -0.2) is 47.6 Å². The van der Waals surface area contributed by atoms with Gasteiger partial charge in [0.25, 0.3) is 0 Å². The molecule has 3 nitrogen and oxygen atoms in total. The van der Waals surface area contributed by atoms with Crippen LogP contribution in [0.25, 0.3) is 0 Å². The molecule has 0 saturated carbocycles. The molecular weight excluding hydrogens is 242 g/mol. The molecule has 2 heterocycles. The summed E-state index contributed by atoms with van der Waals surface area (Å²) in [5.41, 5.74) is 7.32. The first-order valence-corrected chi connectivity index (χ1v) is 7.83. The summed E-state index contributed by atoms with van der Waals surface area (Å²) in [6.45, 7) is 1.85. The van der Waals surface area contributed by atoms with E-state index in [1.165, 1.54) is 23.5 Å². The maximum Gasteiger partial charge on any atom is 0.0270 e. The Labute approximate surface area is 114 Å². The standard InChI is InChI=1S/C14H23N3S/c1-17(8-4-12-2-6-16-7-3-12)14(10-15)13-5-9-18-11-13/h2-3,6-7,13-14H,4-5,8-11,15H2,1H3. The number of rotatable bonds is 6. The van der Waals surface area contributed by atoms with E-state index in [0.717, 1.165) is 25.4 Å². The predicted octanol–water partition coefficient (Wildman–Crippen LogP) is 1.64. The van der Waals surface area contributed by atoms with E-state index in [4.69, 9.17) is 5.73 Å². The molecule has 1 aromatic rings. The van der Waals surface area contributed by atoms with E-state index in [1.54, 1.807) is 0 Å². The largest absolute Gasteiger partial charge is 0.329 e. The Morgan fingerprint density at radius 3 is 2.89 bits per heavy atom. The van der Waals surface area contributed by atoms with Crippen molar-refractivity contribution in [3.8, 4) is 0 Å². The molecule has 0 aliphatic carbocycles. The summed E-state index contributed by atoms with van der Waals surface area (Å²) in [5, 5.41) is 0. The van der Waals surface area contributed by atoms with E-state index in [1.807, 2.05) is 12.4 Å². The normalized spacial score (nSPS) is 21.4. The summed E-state index contributed by atoms with van der Waals surface area (Å²) in [4.78, 5) is 6.49. The molecule has 18 heavy (non-hydrogen) atoms. The lowest BCUT2D eigenvalue weighted by Gasteiger charge is -2.31. The minimum Gasteiger partial charge on any atom is -0.329 e. The summed E-state index contributed by atoms with van der Waals surface area (Å²) in [7, 11) is 2.21. The van der Waals surface area contributed by atoms with E-state index in [-0.39, 0.29) is 0 Å². The molecule has 0 spiro atoms. The topological polar surface area (TPSA) is 42.2 Å². The van der Waals surface area contributed by atoms with Gasteiger partial charge in [0, 0.05) is 31.5 Å². The van der Waals surface area contributed by atoms with Gasteiger partial charge in [0.1, 0.15) is 0 Å². The highest BCUT2D eigenvalue weighted by molar-refractivity contribution is 7.99. The van der Waals surface area contributed by atoms with Gasteiger partial charge in [-0.15, -0.1) is 0 Å². The fraction of sp³-hybridized carbons (Fsp3) is 0.643. The molecule has 0 aromatic carbocycles. The molecule has 2 N–H and O–H groups in total. The SMILES string of the molecule is CN(CCc1ccncc1)C(CN)C1CCSC1. The monoisotopic (exact) mass is 265 g/mol. The molecule has 0 amide bonds. The second kappa shape index (κ2) is 7.12. The van der Waals surface area contributed by atoms with Gasteiger partial charge >= 0.3 is 0 Å². The van der Waals surface area contributed by atoms with Gasteiger partial charge in [0.2, 0.25) is 0 Å². The highest BCUT2D eigenvalue weighted by atomic mass is 32.2. The molecule has 1 aliphatic heterocycles. The third-order valence-corrected chi connectivity index (χ3v) is 5.01. The van der Waals surface area contributed by atoms with Crippen LogP contribution >= 0.6 is 11.8 Å². The quantitative estimate of drug-likeness (QED) is 0.849.